The molecule has 2 N–H and O–H groups in total. The summed E-state index contributed by atoms with van der Waals surface area (Å²) < 4.78 is 19.9. The Morgan fingerprint density at radius 2 is 1.91 bits per heavy atom. The van der Waals surface area contributed by atoms with Crippen molar-refractivity contribution in [2.75, 3.05) is 0 Å². The fraction of sp³-hybridized carbons (Fsp3) is 0.821. The summed E-state index contributed by atoms with van der Waals surface area (Å²) >= 11 is 0. The van der Waals surface area contributed by atoms with Gasteiger partial charge in [-0.25, -0.2) is 0 Å². The number of ketones is 1. The minimum atomic E-state index is -1.03. The standard InChI is InChI=1S/C28H41NO4/c1-16-7-6-8-19(16)15-27-26(5)18(3)25(4)20(9-11-22(25)32-27)24(30)28(26,29)23(33-27)12-10-21-17(2)13-14-31-21/h13-14,16,18-20,22-23H,6-12,15,29H2,1-5H3/t16-,18+,19-,20-,22-,23+,25+,26+,27?,28-/m0/s1. The molecular formula is C28H41NO4. The maximum Gasteiger partial charge on any atom is 0.177 e. The Balaban J connectivity index is 1.45. The molecule has 2 bridgehead atoms. The maximum absolute atomic E-state index is 14.3. The van der Waals surface area contributed by atoms with Crippen LogP contribution < -0.4 is 5.73 Å². The number of ether oxygens (including phenoxy) is 2. The number of Topliss-reactive ketones (excluding diaryl/α,β-unsaturated/α-hetero) is 1. The summed E-state index contributed by atoms with van der Waals surface area (Å²) in [7, 11) is 0. The summed E-state index contributed by atoms with van der Waals surface area (Å²) in [6.45, 7) is 11.3. The molecule has 33 heavy (non-hydrogen) atoms. The van der Waals surface area contributed by atoms with Crippen molar-refractivity contribution in [2.45, 2.75) is 110 Å². The van der Waals surface area contributed by atoms with Gasteiger partial charge in [-0.05, 0) is 62.0 Å². The summed E-state index contributed by atoms with van der Waals surface area (Å²) in [4.78, 5) is 14.3. The highest BCUT2D eigenvalue weighted by atomic mass is 16.7. The van der Waals surface area contributed by atoms with Crippen molar-refractivity contribution in [3.63, 3.8) is 0 Å². The predicted molar refractivity (Wildman–Crippen MR) is 125 cm³/mol. The molecule has 0 spiro atoms. The highest BCUT2D eigenvalue weighted by molar-refractivity contribution is 5.95. The monoisotopic (exact) mass is 455 g/mol. The van der Waals surface area contributed by atoms with Crippen molar-refractivity contribution < 1.29 is 18.7 Å². The van der Waals surface area contributed by atoms with Gasteiger partial charge < -0.3 is 19.6 Å². The predicted octanol–water partition coefficient (Wildman–Crippen LogP) is 5.18. The molecule has 2 saturated heterocycles. The second kappa shape index (κ2) is 6.95. The Bertz CT molecular complexity index is 969. The van der Waals surface area contributed by atoms with Crippen LogP contribution in [0.15, 0.2) is 16.7 Å². The lowest BCUT2D eigenvalue weighted by atomic mass is 9.41. The van der Waals surface area contributed by atoms with Gasteiger partial charge in [0.05, 0.1) is 23.9 Å². The number of carbonyl (C=O) groups excluding carboxylic acids is 1. The van der Waals surface area contributed by atoms with Crippen LogP contribution in [-0.2, 0) is 20.7 Å². The van der Waals surface area contributed by atoms with Crippen LogP contribution in [0.4, 0.5) is 0 Å². The molecule has 5 heteroatoms. The molecule has 0 amide bonds. The summed E-state index contributed by atoms with van der Waals surface area (Å²) in [5.41, 5.74) is 6.80. The van der Waals surface area contributed by atoms with Crippen LogP contribution in [0.2, 0.25) is 0 Å². The van der Waals surface area contributed by atoms with Gasteiger partial charge in [-0.15, -0.1) is 0 Å². The molecule has 2 aliphatic heterocycles. The summed E-state index contributed by atoms with van der Waals surface area (Å²) in [5, 5.41) is 0. The van der Waals surface area contributed by atoms with Gasteiger partial charge in [0, 0.05) is 24.2 Å². The fourth-order valence-electron chi connectivity index (χ4n) is 9.22. The maximum atomic E-state index is 14.3. The van der Waals surface area contributed by atoms with Gasteiger partial charge >= 0.3 is 0 Å². The van der Waals surface area contributed by atoms with E-state index < -0.39 is 16.7 Å². The van der Waals surface area contributed by atoms with Crippen LogP contribution in [0.25, 0.3) is 0 Å². The number of rotatable bonds is 5. The van der Waals surface area contributed by atoms with E-state index in [9.17, 15) is 4.79 Å². The third-order valence-corrected chi connectivity index (χ3v) is 11.7. The molecule has 1 aromatic rings. The zero-order valence-corrected chi connectivity index (χ0v) is 21.0. The normalized spacial score (nSPS) is 52.6. The number of carbonyl (C=O) groups is 1. The number of aryl methyl sites for hydroxylation is 2. The summed E-state index contributed by atoms with van der Waals surface area (Å²) in [5.74, 6) is 1.85. The van der Waals surface area contributed by atoms with E-state index in [1.807, 2.05) is 6.07 Å². The lowest BCUT2D eigenvalue weighted by molar-refractivity contribution is -0.362. The zero-order valence-electron chi connectivity index (χ0n) is 21.0. The zero-order chi connectivity index (χ0) is 23.4. The smallest absolute Gasteiger partial charge is 0.177 e. The Labute approximate surface area is 198 Å². The highest BCUT2D eigenvalue weighted by Gasteiger charge is 2.85. The molecule has 1 aromatic heterocycles. The molecule has 3 aliphatic carbocycles. The first-order valence-electron chi connectivity index (χ1n) is 13.3. The van der Waals surface area contributed by atoms with E-state index in [1.165, 1.54) is 19.3 Å². The van der Waals surface area contributed by atoms with Gasteiger partial charge in [-0.2, -0.15) is 0 Å². The lowest BCUT2D eigenvalue weighted by Gasteiger charge is -2.66. The molecule has 3 heterocycles. The Morgan fingerprint density at radius 3 is 2.58 bits per heavy atom. The molecule has 1 unspecified atom stereocenters. The molecule has 182 valence electrons. The fourth-order valence-corrected chi connectivity index (χ4v) is 9.22. The van der Waals surface area contributed by atoms with Crippen molar-refractivity contribution in [1.29, 1.82) is 0 Å². The first kappa shape index (κ1) is 22.3. The number of furan rings is 1. The van der Waals surface area contributed by atoms with Gasteiger partial charge in [0.1, 0.15) is 11.3 Å². The second-order valence-corrected chi connectivity index (χ2v) is 12.6. The van der Waals surface area contributed by atoms with Gasteiger partial charge in [-0.1, -0.05) is 40.5 Å². The van der Waals surface area contributed by atoms with Crippen LogP contribution in [-0.4, -0.2) is 29.3 Å². The van der Waals surface area contributed by atoms with Crippen LogP contribution in [0.3, 0.4) is 0 Å². The van der Waals surface area contributed by atoms with E-state index >= 15 is 0 Å². The molecule has 3 saturated carbocycles. The average Bonchev–Trinajstić information content (AvgIpc) is 3.51. The van der Waals surface area contributed by atoms with Crippen LogP contribution in [0.5, 0.6) is 0 Å². The van der Waals surface area contributed by atoms with E-state index in [4.69, 9.17) is 19.6 Å². The van der Waals surface area contributed by atoms with Crippen LogP contribution in [0, 0.1) is 41.4 Å². The van der Waals surface area contributed by atoms with Crippen LogP contribution in [0.1, 0.15) is 84.0 Å². The average molecular weight is 456 g/mol. The molecular weight excluding hydrogens is 414 g/mol. The Hall–Kier alpha value is -1.17. The van der Waals surface area contributed by atoms with Gasteiger partial charge in [0.15, 0.2) is 11.6 Å². The third-order valence-electron chi connectivity index (χ3n) is 11.7. The number of hydrogen-bond donors (Lipinski definition) is 1. The number of hydrogen-bond acceptors (Lipinski definition) is 5. The number of nitrogens with two attached hydrogens (primary N) is 1. The highest BCUT2D eigenvalue weighted by Crippen LogP contribution is 2.75. The molecule has 6 rings (SSSR count). The molecule has 0 aromatic carbocycles. The lowest BCUT2D eigenvalue weighted by Crippen LogP contribution is -2.79. The van der Waals surface area contributed by atoms with Gasteiger partial charge in [-0.3, -0.25) is 4.79 Å². The van der Waals surface area contributed by atoms with Crippen molar-refractivity contribution in [2.24, 2.45) is 40.2 Å². The van der Waals surface area contributed by atoms with Gasteiger partial charge in [0.2, 0.25) is 0 Å². The topological polar surface area (TPSA) is 74.7 Å². The first-order valence-corrected chi connectivity index (χ1v) is 13.3. The molecule has 5 nitrogen and oxygen atoms in total. The molecule has 5 fully saturated rings. The van der Waals surface area contributed by atoms with E-state index in [-0.39, 0.29) is 35.2 Å². The summed E-state index contributed by atoms with van der Waals surface area (Å²) in [6, 6.07) is 1.99. The minimum absolute atomic E-state index is 0.0338. The van der Waals surface area contributed by atoms with Crippen molar-refractivity contribution in [1.82, 2.24) is 0 Å². The van der Waals surface area contributed by atoms with E-state index in [2.05, 4.69) is 34.6 Å². The van der Waals surface area contributed by atoms with E-state index in [0.717, 1.165) is 37.0 Å². The second-order valence-electron chi connectivity index (χ2n) is 12.6. The summed E-state index contributed by atoms with van der Waals surface area (Å²) in [6.07, 6.45) is 9.29. The quantitative estimate of drug-likeness (QED) is 0.662. The molecule has 0 radical (unpaired) electrons. The Morgan fingerprint density at radius 1 is 1.12 bits per heavy atom. The molecule has 10 atom stereocenters. The largest absolute Gasteiger partial charge is 0.469 e. The third kappa shape index (κ3) is 2.47. The van der Waals surface area contributed by atoms with E-state index in [0.29, 0.717) is 18.3 Å². The van der Waals surface area contributed by atoms with E-state index in [1.54, 1.807) is 6.26 Å². The Kier molecular flexibility index (Phi) is 4.70. The molecule has 5 aliphatic rings. The van der Waals surface area contributed by atoms with Crippen molar-refractivity contribution in [3.8, 4) is 0 Å². The van der Waals surface area contributed by atoms with Crippen molar-refractivity contribution in [3.05, 3.63) is 23.7 Å². The van der Waals surface area contributed by atoms with Gasteiger partial charge in [0.25, 0.3) is 0 Å². The van der Waals surface area contributed by atoms with Crippen molar-refractivity contribution >= 4 is 5.78 Å². The van der Waals surface area contributed by atoms with Crippen LogP contribution >= 0.6 is 0 Å². The first-order chi connectivity index (χ1) is 15.6. The minimum Gasteiger partial charge on any atom is -0.469 e. The SMILES string of the molecule is Cc1ccoc1CC[C@H]1OC2(C[C@@H]3CCC[C@@H]3C)O[C@H]3CC[C@H]4C(=O)[C@]1(N)[C@]2(C)[C@H](C)[C@@]34C.